The zero-order chi connectivity index (χ0) is 14.0. The van der Waals surface area contributed by atoms with E-state index in [4.69, 9.17) is 11.5 Å². The van der Waals surface area contributed by atoms with Gasteiger partial charge in [-0.1, -0.05) is 18.2 Å². The molecule has 0 aromatic heterocycles. The van der Waals surface area contributed by atoms with E-state index in [1.807, 2.05) is 26.2 Å². The number of nitrogens with zero attached hydrogens (tertiary/aromatic N) is 1. The van der Waals surface area contributed by atoms with Crippen LogP contribution in [0.5, 0.6) is 0 Å². The smallest absolute Gasteiger partial charge is 0.0422 e. The third-order valence-corrected chi connectivity index (χ3v) is 3.67. The quantitative estimate of drug-likeness (QED) is 0.872. The van der Waals surface area contributed by atoms with Gasteiger partial charge in [-0.2, -0.15) is 0 Å². The molecule has 4 N–H and O–H groups in total. The molecule has 1 aliphatic rings. The topological polar surface area (TPSA) is 55.3 Å². The highest BCUT2D eigenvalue weighted by atomic mass is 15.1. The van der Waals surface area contributed by atoms with Gasteiger partial charge in [-0.3, -0.25) is 0 Å². The Morgan fingerprint density at radius 1 is 1.21 bits per heavy atom. The lowest BCUT2D eigenvalue weighted by Crippen LogP contribution is -2.42. The first kappa shape index (κ1) is 13.7. The second kappa shape index (κ2) is 5.10. The first-order valence-corrected chi connectivity index (χ1v) is 6.59. The lowest BCUT2D eigenvalue weighted by Gasteiger charge is -2.30. The highest BCUT2D eigenvalue weighted by Gasteiger charge is 2.26. The van der Waals surface area contributed by atoms with Crippen LogP contribution in [0.25, 0.3) is 0 Å². The molecule has 1 unspecified atom stereocenters. The predicted octanol–water partition coefficient (Wildman–Crippen LogP) is 2.19. The van der Waals surface area contributed by atoms with Crippen molar-refractivity contribution in [3.05, 3.63) is 53.3 Å². The van der Waals surface area contributed by atoms with Crippen LogP contribution < -0.4 is 16.4 Å². The van der Waals surface area contributed by atoms with E-state index in [1.54, 1.807) is 0 Å². The molecule has 1 aromatic carbocycles. The van der Waals surface area contributed by atoms with Crippen molar-refractivity contribution < 1.29 is 0 Å². The Hall–Kier alpha value is -1.74. The van der Waals surface area contributed by atoms with Crippen LogP contribution in [0.3, 0.4) is 0 Å². The van der Waals surface area contributed by atoms with E-state index in [0.717, 1.165) is 18.5 Å². The fourth-order valence-corrected chi connectivity index (χ4v) is 2.47. The van der Waals surface area contributed by atoms with Crippen LogP contribution in [0.15, 0.2) is 47.7 Å². The highest BCUT2D eigenvalue weighted by Crippen LogP contribution is 2.27. The molecule has 0 heterocycles. The van der Waals surface area contributed by atoms with Gasteiger partial charge in [0.2, 0.25) is 0 Å². The third kappa shape index (κ3) is 3.18. The molecule has 0 spiro atoms. The van der Waals surface area contributed by atoms with Crippen molar-refractivity contribution in [2.24, 2.45) is 11.5 Å². The summed E-state index contributed by atoms with van der Waals surface area (Å²) in [5, 5.41) is 0. The van der Waals surface area contributed by atoms with Crippen molar-refractivity contribution >= 4 is 5.69 Å². The van der Waals surface area contributed by atoms with Gasteiger partial charge in [-0.15, -0.1) is 0 Å². The van der Waals surface area contributed by atoms with Gasteiger partial charge < -0.3 is 16.4 Å². The van der Waals surface area contributed by atoms with Gasteiger partial charge in [0.25, 0.3) is 0 Å². The Balaban J connectivity index is 2.11. The van der Waals surface area contributed by atoms with Crippen LogP contribution in [-0.4, -0.2) is 19.6 Å². The van der Waals surface area contributed by atoms with Crippen molar-refractivity contribution in [1.82, 2.24) is 0 Å². The Morgan fingerprint density at radius 2 is 1.84 bits per heavy atom. The van der Waals surface area contributed by atoms with Gasteiger partial charge in [0.05, 0.1) is 0 Å². The van der Waals surface area contributed by atoms with Crippen molar-refractivity contribution in [2.75, 3.05) is 19.0 Å². The first-order valence-electron chi connectivity index (χ1n) is 6.59. The summed E-state index contributed by atoms with van der Waals surface area (Å²) in [5.41, 5.74) is 16.5. The van der Waals surface area contributed by atoms with Crippen LogP contribution in [0.1, 0.15) is 18.9 Å². The van der Waals surface area contributed by atoms with Crippen LogP contribution in [0.2, 0.25) is 0 Å². The summed E-state index contributed by atoms with van der Waals surface area (Å²) in [7, 11) is 4.08. The number of rotatable bonds is 3. The Morgan fingerprint density at radius 3 is 2.37 bits per heavy atom. The average Bonchev–Trinajstić information content (AvgIpc) is 2.35. The molecule has 1 aliphatic carbocycles. The molecule has 3 heteroatoms. The highest BCUT2D eigenvalue weighted by molar-refractivity contribution is 5.46. The van der Waals surface area contributed by atoms with E-state index in [2.05, 4.69) is 36.1 Å². The molecule has 19 heavy (non-hydrogen) atoms. The summed E-state index contributed by atoms with van der Waals surface area (Å²) in [6, 6.07) is 8.55. The van der Waals surface area contributed by atoms with Gasteiger partial charge in [-0.25, -0.2) is 0 Å². The molecule has 0 saturated heterocycles. The minimum Gasteiger partial charge on any atom is -0.399 e. The number of benzene rings is 1. The Labute approximate surface area is 115 Å². The SMILES string of the molecule is CC1=C(N)C=CC(N)(Cc2ccc(N(C)C)cc2)C1. The first-order chi connectivity index (χ1) is 8.89. The summed E-state index contributed by atoms with van der Waals surface area (Å²) in [4.78, 5) is 2.09. The summed E-state index contributed by atoms with van der Waals surface area (Å²) in [5.74, 6) is 0. The van der Waals surface area contributed by atoms with E-state index >= 15 is 0 Å². The van der Waals surface area contributed by atoms with Gasteiger partial charge >= 0.3 is 0 Å². The number of hydrogen-bond donors (Lipinski definition) is 2. The van der Waals surface area contributed by atoms with Crippen LogP contribution >= 0.6 is 0 Å². The van der Waals surface area contributed by atoms with E-state index in [9.17, 15) is 0 Å². The van der Waals surface area contributed by atoms with Gasteiger partial charge in [0, 0.05) is 31.0 Å². The van der Waals surface area contributed by atoms with E-state index < -0.39 is 0 Å². The van der Waals surface area contributed by atoms with Crippen molar-refractivity contribution in [3.63, 3.8) is 0 Å². The zero-order valence-corrected chi connectivity index (χ0v) is 12.0. The van der Waals surface area contributed by atoms with Crippen molar-refractivity contribution in [3.8, 4) is 0 Å². The maximum absolute atomic E-state index is 6.45. The minimum atomic E-state index is -0.313. The summed E-state index contributed by atoms with van der Waals surface area (Å²) in [6.45, 7) is 2.05. The molecule has 0 amide bonds. The largest absolute Gasteiger partial charge is 0.399 e. The Kier molecular flexibility index (Phi) is 3.67. The zero-order valence-electron chi connectivity index (χ0n) is 12.0. The van der Waals surface area contributed by atoms with Gasteiger partial charge in [0.15, 0.2) is 0 Å². The van der Waals surface area contributed by atoms with Crippen LogP contribution in [0, 0.1) is 0 Å². The molecule has 1 atom stereocenters. The molecule has 0 saturated carbocycles. The van der Waals surface area contributed by atoms with E-state index in [-0.39, 0.29) is 5.54 Å². The predicted molar refractivity (Wildman–Crippen MR) is 82.0 cm³/mol. The standard InChI is InChI=1S/C16H23N3/c1-12-10-16(18,9-8-15(12)17)11-13-4-6-14(7-5-13)19(2)3/h4-9H,10-11,17-18H2,1-3H3. The molecule has 3 nitrogen and oxygen atoms in total. The van der Waals surface area contributed by atoms with Crippen molar-refractivity contribution in [2.45, 2.75) is 25.3 Å². The molecule has 0 aliphatic heterocycles. The third-order valence-electron chi connectivity index (χ3n) is 3.67. The fraction of sp³-hybridized carbons (Fsp3) is 0.375. The number of hydrogen-bond acceptors (Lipinski definition) is 3. The van der Waals surface area contributed by atoms with Crippen LogP contribution in [-0.2, 0) is 6.42 Å². The molecule has 0 radical (unpaired) electrons. The molecule has 0 fully saturated rings. The molecule has 0 bridgehead atoms. The lowest BCUT2D eigenvalue weighted by molar-refractivity contribution is 0.511. The number of nitrogens with two attached hydrogens (primary N) is 2. The molecule has 2 rings (SSSR count). The average molecular weight is 257 g/mol. The normalized spacial score (nSPS) is 22.7. The monoisotopic (exact) mass is 257 g/mol. The number of anilines is 1. The van der Waals surface area contributed by atoms with E-state index in [1.165, 1.54) is 16.8 Å². The van der Waals surface area contributed by atoms with Gasteiger partial charge in [-0.05, 0) is 49.1 Å². The molecular formula is C16H23N3. The maximum atomic E-state index is 6.45. The Bertz CT molecular complexity index is 511. The second-order valence-electron chi connectivity index (χ2n) is 5.72. The molecular weight excluding hydrogens is 234 g/mol. The minimum absolute atomic E-state index is 0.313. The fourth-order valence-electron chi connectivity index (χ4n) is 2.47. The van der Waals surface area contributed by atoms with Crippen LogP contribution in [0.4, 0.5) is 5.69 Å². The summed E-state index contributed by atoms with van der Waals surface area (Å²) in [6.07, 6.45) is 5.63. The molecule has 102 valence electrons. The number of allylic oxidation sites excluding steroid dienone is 1. The lowest BCUT2D eigenvalue weighted by atomic mass is 9.82. The second-order valence-corrected chi connectivity index (χ2v) is 5.72. The maximum Gasteiger partial charge on any atom is 0.0422 e. The van der Waals surface area contributed by atoms with Crippen molar-refractivity contribution in [1.29, 1.82) is 0 Å². The molecule has 1 aromatic rings. The summed E-state index contributed by atoms with van der Waals surface area (Å²) >= 11 is 0. The van der Waals surface area contributed by atoms with E-state index in [0.29, 0.717) is 0 Å². The summed E-state index contributed by atoms with van der Waals surface area (Å²) < 4.78 is 0. The van der Waals surface area contributed by atoms with Gasteiger partial charge in [0.1, 0.15) is 0 Å².